The molecule has 0 fully saturated rings. The quantitative estimate of drug-likeness (QED) is 0.893. The third kappa shape index (κ3) is 3.08. The van der Waals surface area contributed by atoms with E-state index in [9.17, 15) is 0 Å². The van der Waals surface area contributed by atoms with Crippen molar-refractivity contribution in [2.75, 3.05) is 0 Å². The lowest BCUT2D eigenvalue weighted by molar-refractivity contribution is 0.462. The molecular formula is C15H18N2O. The highest BCUT2D eigenvalue weighted by atomic mass is 16.5. The number of hydrogen-bond donors (Lipinski definition) is 1. The van der Waals surface area contributed by atoms with Gasteiger partial charge in [0.1, 0.15) is 5.75 Å². The van der Waals surface area contributed by atoms with Crippen molar-refractivity contribution in [2.24, 2.45) is 5.73 Å². The van der Waals surface area contributed by atoms with Crippen LogP contribution in [0.5, 0.6) is 11.6 Å². The summed E-state index contributed by atoms with van der Waals surface area (Å²) in [5, 5.41) is 0. The van der Waals surface area contributed by atoms with Gasteiger partial charge in [0.2, 0.25) is 5.88 Å². The maximum absolute atomic E-state index is 5.77. The topological polar surface area (TPSA) is 48.1 Å². The fourth-order valence-corrected chi connectivity index (χ4v) is 1.64. The summed E-state index contributed by atoms with van der Waals surface area (Å²) in [5.74, 6) is 1.39. The molecule has 1 aromatic carbocycles. The number of hydrogen-bond acceptors (Lipinski definition) is 3. The van der Waals surface area contributed by atoms with E-state index < -0.39 is 0 Å². The van der Waals surface area contributed by atoms with Crippen molar-refractivity contribution in [3.8, 4) is 11.6 Å². The molecule has 2 rings (SSSR count). The molecule has 2 N–H and O–H groups in total. The average Bonchev–Trinajstić information content (AvgIpc) is 2.40. The van der Waals surface area contributed by atoms with Crippen LogP contribution in [0.3, 0.4) is 0 Å². The lowest BCUT2D eigenvalue weighted by Crippen LogP contribution is -2.05. The lowest BCUT2D eigenvalue weighted by atomic mass is 10.1. The van der Waals surface area contributed by atoms with Gasteiger partial charge in [-0.1, -0.05) is 25.1 Å². The fraction of sp³-hybridized carbons (Fsp3) is 0.267. The zero-order valence-electron chi connectivity index (χ0n) is 10.8. The van der Waals surface area contributed by atoms with Gasteiger partial charge in [-0.25, -0.2) is 4.98 Å². The molecule has 1 aromatic heterocycles. The summed E-state index contributed by atoms with van der Waals surface area (Å²) in [6.07, 6.45) is 2.78. The second kappa shape index (κ2) is 5.65. The first-order valence-corrected chi connectivity index (χ1v) is 6.17. The van der Waals surface area contributed by atoms with Crippen molar-refractivity contribution in [3.63, 3.8) is 0 Å². The van der Waals surface area contributed by atoms with Crippen LogP contribution in [0.25, 0.3) is 0 Å². The second-order valence-electron chi connectivity index (χ2n) is 4.32. The smallest absolute Gasteiger partial charge is 0.219 e. The Hall–Kier alpha value is -1.87. The van der Waals surface area contributed by atoms with Crippen molar-refractivity contribution in [1.82, 2.24) is 4.98 Å². The van der Waals surface area contributed by atoms with E-state index in [0.29, 0.717) is 5.88 Å². The minimum atomic E-state index is -0.00427. The number of benzene rings is 1. The maximum atomic E-state index is 5.77. The van der Waals surface area contributed by atoms with Crippen LogP contribution in [-0.4, -0.2) is 4.98 Å². The zero-order valence-corrected chi connectivity index (χ0v) is 10.8. The molecule has 0 aliphatic carbocycles. The third-order valence-corrected chi connectivity index (χ3v) is 2.84. The Morgan fingerprint density at radius 3 is 2.39 bits per heavy atom. The predicted octanol–water partition coefficient (Wildman–Crippen LogP) is 3.46. The SMILES string of the molecule is CCc1ccc(Oc2ccc(C(C)N)cn2)cc1. The van der Waals surface area contributed by atoms with Gasteiger partial charge in [0.25, 0.3) is 0 Å². The normalized spacial score (nSPS) is 12.2. The number of ether oxygens (including phenoxy) is 1. The Labute approximate surface area is 108 Å². The molecule has 0 amide bonds. The van der Waals surface area contributed by atoms with Crippen molar-refractivity contribution < 1.29 is 4.74 Å². The molecular weight excluding hydrogens is 224 g/mol. The van der Waals surface area contributed by atoms with Crippen LogP contribution in [0.1, 0.15) is 31.0 Å². The highest BCUT2D eigenvalue weighted by Gasteiger charge is 2.02. The summed E-state index contributed by atoms with van der Waals surface area (Å²) >= 11 is 0. The van der Waals surface area contributed by atoms with Gasteiger partial charge >= 0.3 is 0 Å². The van der Waals surface area contributed by atoms with Crippen LogP contribution < -0.4 is 10.5 Å². The van der Waals surface area contributed by atoms with E-state index >= 15 is 0 Å². The molecule has 0 bridgehead atoms. The van der Waals surface area contributed by atoms with Gasteiger partial charge in [0.15, 0.2) is 0 Å². The van der Waals surface area contributed by atoms with Crippen LogP contribution >= 0.6 is 0 Å². The van der Waals surface area contributed by atoms with Gasteiger partial charge in [0, 0.05) is 18.3 Å². The van der Waals surface area contributed by atoms with E-state index in [2.05, 4.69) is 24.0 Å². The van der Waals surface area contributed by atoms with Gasteiger partial charge in [0.05, 0.1) is 0 Å². The first-order chi connectivity index (χ1) is 8.69. The van der Waals surface area contributed by atoms with Gasteiger partial charge < -0.3 is 10.5 Å². The van der Waals surface area contributed by atoms with Crippen LogP contribution in [0.15, 0.2) is 42.6 Å². The van der Waals surface area contributed by atoms with Crippen LogP contribution in [0.2, 0.25) is 0 Å². The van der Waals surface area contributed by atoms with E-state index in [0.717, 1.165) is 17.7 Å². The van der Waals surface area contributed by atoms with Crippen molar-refractivity contribution in [2.45, 2.75) is 26.3 Å². The second-order valence-corrected chi connectivity index (χ2v) is 4.32. The summed E-state index contributed by atoms with van der Waals surface area (Å²) in [7, 11) is 0. The number of nitrogens with two attached hydrogens (primary N) is 1. The molecule has 3 nitrogen and oxygen atoms in total. The van der Waals surface area contributed by atoms with Crippen molar-refractivity contribution in [1.29, 1.82) is 0 Å². The highest BCUT2D eigenvalue weighted by molar-refractivity contribution is 5.31. The molecule has 0 aliphatic rings. The van der Waals surface area contributed by atoms with Crippen LogP contribution in [-0.2, 0) is 6.42 Å². The van der Waals surface area contributed by atoms with Gasteiger partial charge in [-0.3, -0.25) is 0 Å². The Bertz CT molecular complexity index is 489. The highest BCUT2D eigenvalue weighted by Crippen LogP contribution is 2.21. The molecule has 1 unspecified atom stereocenters. The molecule has 1 heterocycles. The summed E-state index contributed by atoms with van der Waals surface area (Å²) in [6, 6.07) is 11.8. The first-order valence-electron chi connectivity index (χ1n) is 6.17. The minimum absolute atomic E-state index is 0.00427. The van der Waals surface area contributed by atoms with Gasteiger partial charge in [-0.05, 0) is 36.6 Å². The molecule has 0 spiro atoms. The van der Waals surface area contributed by atoms with Gasteiger partial charge in [-0.15, -0.1) is 0 Å². The average molecular weight is 242 g/mol. The van der Waals surface area contributed by atoms with E-state index in [4.69, 9.17) is 10.5 Å². The molecule has 0 aliphatic heterocycles. The molecule has 94 valence electrons. The van der Waals surface area contributed by atoms with E-state index in [1.165, 1.54) is 5.56 Å². The van der Waals surface area contributed by atoms with E-state index in [1.807, 2.05) is 31.2 Å². The Morgan fingerprint density at radius 2 is 1.89 bits per heavy atom. The molecule has 0 saturated carbocycles. The first kappa shape index (κ1) is 12.6. The van der Waals surface area contributed by atoms with E-state index in [1.54, 1.807) is 6.20 Å². The standard InChI is InChI=1S/C15H18N2O/c1-3-12-4-7-14(8-5-12)18-15-9-6-13(10-17-15)11(2)16/h4-11H,3,16H2,1-2H3. The Morgan fingerprint density at radius 1 is 1.17 bits per heavy atom. The van der Waals surface area contributed by atoms with E-state index in [-0.39, 0.29) is 6.04 Å². The molecule has 3 heteroatoms. The Kier molecular flexibility index (Phi) is 3.95. The predicted molar refractivity (Wildman–Crippen MR) is 72.7 cm³/mol. The number of aromatic nitrogens is 1. The van der Waals surface area contributed by atoms with Crippen LogP contribution in [0, 0.1) is 0 Å². The molecule has 18 heavy (non-hydrogen) atoms. The zero-order chi connectivity index (χ0) is 13.0. The largest absolute Gasteiger partial charge is 0.439 e. The summed E-state index contributed by atoms with van der Waals surface area (Å²) < 4.78 is 5.66. The van der Waals surface area contributed by atoms with Crippen LogP contribution in [0.4, 0.5) is 0 Å². The van der Waals surface area contributed by atoms with Crippen molar-refractivity contribution in [3.05, 3.63) is 53.7 Å². The molecule has 0 saturated heterocycles. The molecule has 0 radical (unpaired) electrons. The summed E-state index contributed by atoms with van der Waals surface area (Å²) in [6.45, 7) is 4.06. The lowest BCUT2D eigenvalue weighted by Gasteiger charge is -2.08. The van der Waals surface area contributed by atoms with Gasteiger partial charge in [-0.2, -0.15) is 0 Å². The minimum Gasteiger partial charge on any atom is -0.439 e. The summed E-state index contributed by atoms with van der Waals surface area (Å²) in [5.41, 5.74) is 8.06. The Balaban J connectivity index is 2.08. The molecule has 1 atom stereocenters. The fourth-order valence-electron chi connectivity index (χ4n) is 1.64. The number of nitrogens with zero attached hydrogens (tertiary/aromatic N) is 1. The number of rotatable bonds is 4. The molecule has 2 aromatic rings. The monoisotopic (exact) mass is 242 g/mol. The van der Waals surface area contributed by atoms with Crippen molar-refractivity contribution >= 4 is 0 Å². The number of aryl methyl sites for hydroxylation is 1. The third-order valence-electron chi connectivity index (χ3n) is 2.84. The number of pyridine rings is 1. The maximum Gasteiger partial charge on any atom is 0.219 e. The summed E-state index contributed by atoms with van der Waals surface area (Å²) in [4.78, 5) is 4.24.